The van der Waals surface area contributed by atoms with E-state index in [9.17, 15) is 0 Å². The van der Waals surface area contributed by atoms with Crippen LogP contribution in [0.2, 0.25) is 0 Å². The Morgan fingerprint density at radius 3 is 2.87 bits per heavy atom. The summed E-state index contributed by atoms with van der Waals surface area (Å²) in [5.74, 6) is 8.48. The number of nitrogens with zero attached hydrogens (tertiary/aromatic N) is 2. The normalized spacial score (nSPS) is 12.7. The molecule has 0 fully saturated rings. The molecule has 0 aliphatic rings. The SMILES string of the molecule is C#CCCC(NN)c1snnc1C(C)C. The van der Waals surface area contributed by atoms with E-state index in [1.54, 1.807) is 0 Å². The third kappa shape index (κ3) is 2.99. The van der Waals surface area contributed by atoms with Crippen molar-refractivity contribution in [2.24, 2.45) is 5.84 Å². The van der Waals surface area contributed by atoms with Crippen molar-refractivity contribution in [3.8, 4) is 12.3 Å². The first-order chi connectivity index (χ1) is 7.20. The summed E-state index contributed by atoms with van der Waals surface area (Å²) >= 11 is 1.39. The Bertz CT molecular complexity index is 339. The highest BCUT2D eigenvalue weighted by atomic mass is 32.1. The Balaban J connectivity index is 2.82. The molecule has 0 saturated carbocycles. The van der Waals surface area contributed by atoms with Crippen LogP contribution in [-0.4, -0.2) is 9.59 Å². The van der Waals surface area contributed by atoms with Gasteiger partial charge in [-0.3, -0.25) is 11.3 Å². The lowest BCUT2D eigenvalue weighted by molar-refractivity contribution is 0.524. The van der Waals surface area contributed by atoms with Gasteiger partial charge in [0.05, 0.1) is 16.6 Å². The lowest BCUT2D eigenvalue weighted by Gasteiger charge is -2.14. The molecule has 0 aliphatic heterocycles. The van der Waals surface area contributed by atoms with Crippen LogP contribution in [0.1, 0.15) is 49.2 Å². The molecule has 1 unspecified atom stereocenters. The van der Waals surface area contributed by atoms with Crippen LogP contribution in [0.3, 0.4) is 0 Å². The van der Waals surface area contributed by atoms with E-state index < -0.39 is 0 Å². The van der Waals surface area contributed by atoms with Gasteiger partial charge >= 0.3 is 0 Å². The molecule has 0 spiro atoms. The van der Waals surface area contributed by atoms with Crippen molar-refractivity contribution < 1.29 is 0 Å². The number of aromatic nitrogens is 2. The number of hydrogen-bond donors (Lipinski definition) is 2. The van der Waals surface area contributed by atoms with Crippen LogP contribution in [0.5, 0.6) is 0 Å². The molecule has 0 bridgehead atoms. The number of hydrogen-bond acceptors (Lipinski definition) is 5. The third-order valence-corrected chi connectivity index (χ3v) is 3.04. The molecule has 1 rings (SSSR count). The smallest absolute Gasteiger partial charge is 0.0829 e. The van der Waals surface area contributed by atoms with Crippen LogP contribution in [0.25, 0.3) is 0 Å². The summed E-state index contributed by atoms with van der Waals surface area (Å²) in [5, 5.41) is 4.11. The van der Waals surface area contributed by atoms with E-state index in [1.165, 1.54) is 11.5 Å². The van der Waals surface area contributed by atoms with E-state index in [0.29, 0.717) is 12.3 Å². The third-order valence-electron chi connectivity index (χ3n) is 2.18. The summed E-state index contributed by atoms with van der Waals surface area (Å²) in [5.41, 5.74) is 3.78. The fourth-order valence-corrected chi connectivity index (χ4v) is 2.26. The number of nitrogens with one attached hydrogen (secondary N) is 1. The van der Waals surface area contributed by atoms with Crippen molar-refractivity contribution in [3.63, 3.8) is 0 Å². The molecule has 1 aromatic rings. The van der Waals surface area contributed by atoms with Crippen LogP contribution in [0.4, 0.5) is 0 Å². The quantitative estimate of drug-likeness (QED) is 0.453. The van der Waals surface area contributed by atoms with Gasteiger partial charge in [0.25, 0.3) is 0 Å². The minimum Gasteiger partial charge on any atom is -0.271 e. The summed E-state index contributed by atoms with van der Waals surface area (Å²) in [6, 6.07) is 0.0680. The molecule has 0 radical (unpaired) electrons. The Kier molecular flexibility index (Phi) is 4.69. The van der Waals surface area contributed by atoms with Gasteiger partial charge in [-0.05, 0) is 23.9 Å². The Hall–Kier alpha value is -0.960. The van der Waals surface area contributed by atoms with Gasteiger partial charge in [0.1, 0.15) is 0 Å². The molecule has 3 N–H and O–H groups in total. The largest absolute Gasteiger partial charge is 0.271 e. The summed E-state index contributed by atoms with van der Waals surface area (Å²) in [7, 11) is 0. The van der Waals surface area contributed by atoms with Gasteiger partial charge in [-0.25, -0.2) is 0 Å². The molecular formula is C10H16N4S. The molecule has 1 heterocycles. The van der Waals surface area contributed by atoms with Crippen molar-refractivity contribution in [1.82, 2.24) is 15.0 Å². The lowest BCUT2D eigenvalue weighted by atomic mass is 10.0. The second-order valence-electron chi connectivity index (χ2n) is 3.64. The maximum atomic E-state index is 5.51. The predicted octanol–water partition coefficient (Wildman–Crippen LogP) is 1.58. The number of rotatable bonds is 5. The summed E-state index contributed by atoms with van der Waals surface area (Å²) < 4.78 is 3.96. The van der Waals surface area contributed by atoms with E-state index in [-0.39, 0.29) is 6.04 Å². The average molecular weight is 224 g/mol. The molecule has 5 heteroatoms. The van der Waals surface area contributed by atoms with Crippen LogP contribution in [-0.2, 0) is 0 Å². The molecule has 0 saturated heterocycles. The fraction of sp³-hybridized carbons (Fsp3) is 0.600. The highest BCUT2D eigenvalue weighted by Crippen LogP contribution is 2.28. The van der Waals surface area contributed by atoms with Crippen LogP contribution >= 0.6 is 11.5 Å². The lowest BCUT2D eigenvalue weighted by Crippen LogP contribution is -2.28. The van der Waals surface area contributed by atoms with Crippen molar-refractivity contribution in [3.05, 3.63) is 10.6 Å². The minimum atomic E-state index is 0.0680. The van der Waals surface area contributed by atoms with Gasteiger partial charge in [0.2, 0.25) is 0 Å². The van der Waals surface area contributed by atoms with Crippen molar-refractivity contribution in [2.75, 3.05) is 0 Å². The van der Waals surface area contributed by atoms with E-state index in [1.807, 2.05) is 0 Å². The summed E-state index contributed by atoms with van der Waals surface area (Å²) in [6.45, 7) is 4.18. The van der Waals surface area contributed by atoms with Crippen molar-refractivity contribution >= 4 is 11.5 Å². The molecule has 0 aliphatic carbocycles. The molecule has 4 nitrogen and oxygen atoms in total. The summed E-state index contributed by atoms with van der Waals surface area (Å²) in [6.07, 6.45) is 6.75. The van der Waals surface area contributed by atoms with E-state index in [0.717, 1.165) is 17.0 Å². The second-order valence-corrected chi connectivity index (χ2v) is 4.42. The van der Waals surface area contributed by atoms with Crippen molar-refractivity contribution in [1.29, 1.82) is 0 Å². The van der Waals surface area contributed by atoms with Gasteiger partial charge in [-0.2, -0.15) is 0 Å². The zero-order valence-electron chi connectivity index (χ0n) is 9.03. The predicted molar refractivity (Wildman–Crippen MR) is 62.1 cm³/mol. The first-order valence-corrected chi connectivity index (χ1v) is 5.69. The Morgan fingerprint density at radius 1 is 1.60 bits per heavy atom. The standard InChI is InChI=1S/C10H16N4S/c1-4-5-6-8(12-11)10-9(7(2)3)13-14-15-10/h1,7-8,12H,5-6,11H2,2-3H3. The summed E-state index contributed by atoms with van der Waals surface area (Å²) in [4.78, 5) is 1.10. The first-order valence-electron chi connectivity index (χ1n) is 4.92. The molecule has 1 atom stereocenters. The van der Waals surface area contributed by atoms with Gasteiger partial charge in [0, 0.05) is 6.42 Å². The Labute approximate surface area is 94.4 Å². The minimum absolute atomic E-state index is 0.0680. The van der Waals surface area contributed by atoms with Crippen LogP contribution in [0.15, 0.2) is 0 Å². The molecule has 82 valence electrons. The van der Waals surface area contributed by atoms with Gasteiger partial charge in [-0.1, -0.05) is 18.3 Å². The fourth-order valence-electron chi connectivity index (χ4n) is 1.36. The molecular weight excluding hydrogens is 208 g/mol. The van der Waals surface area contributed by atoms with Gasteiger partial charge < -0.3 is 0 Å². The Morgan fingerprint density at radius 2 is 2.33 bits per heavy atom. The molecule has 1 aromatic heterocycles. The molecule has 0 amide bonds. The number of terminal acetylenes is 1. The zero-order valence-corrected chi connectivity index (χ0v) is 9.84. The highest BCUT2D eigenvalue weighted by Gasteiger charge is 2.19. The highest BCUT2D eigenvalue weighted by molar-refractivity contribution is 7.05. The first kappa shape index (κ1) is 12.1. The van der Waals surface area contributed by atoms with Gasteiger partial charge in [0.15, 0.2) is 0 Å². The molecule has 0 aromatic carbocycles. The monoisotopic (exact) mass is 224 g/mol. The number of nitrogens with two attached hydrogens (primary N) is 1. The maximum absolute atomic E-state index is 5.51. The second kappa shape index (κ2) is 5.81. The topological polar surface area (TPSA) is 63.8 Å². The van der Waals surface area contributed by atoms with E-state index in [4.69, 9.17) is 12.3 Å². The van der Waals surface area contributed by atoms with Gasteiger partial charge in [-0.15, -0.1) is 17.4 Å². The van der Waals surface area contributed by atoms with E-state index >= 15 is 0 Å². The van der Waals surface area contributed by atoms with Crippen molar-refractivity contribution in [2.45, 2.75) is 38.6 Å². The van der Waals surface area contributed by atoms with E-state index in [2.05, 4.69) is 34.8 Å². The number of hydrazine groups is 1. The van der Waals surface area contributed by atoms with Crippen LogP contribution < -0.4 is 11.3 Å². The average Bonchev–Trinajstić information content (AvgIpc) is 2.68. The zero-order chi connectivity index (χ0) is 11.3. The molecule has 15 heavy (non-hydrogen) atoms. The van der Waals surface area contributed by atoms with Crippen LogP contribution in [0, 0.1) is 12.3 Å². The maximum Gasteiger partial charge on any atom is 0.0829 e.